The molecule has 2 aromatic carbocycles. The first-order chi connectivity index (χ1) is 12.7. The van der Waals surface area contributed by atoms with E-state index in [9.17, 15) is 9.18 Å². The fraction of sp³-hybridized carbons (Fsp3) is 0.200. The third-order valence-corrected chi connectivity index (χ3v) is 3.75. The highest BCUT2D eigenvalue weighted by molar-refractivity contribution is 5.78. The molecule has 0 radical (unpaired) electrons. The number of nitrogens with one attached hydrogen (secondary N) is 1. The van der Waals surface area contributed by atoms with Crippen molar-refractivity contribution < 1.29 is 13.9 Å². The Morgan fingerprint density at radius 1 is 1.12 bits per heavy atom. The normalized spacial score (nSPS) is 10.5. The average molecular weight is 353 g/mol. The number of carbonyl (C=O) groups is 1. The minimum Gasteiger partial charge on any atom is -0.494 e. The van der Waals surface area contributed by atoms with Crippen LogP contribution < -0.4 is 10.1 Å². The van der Waals surface area contributed by atoms with Crippen LogP contribution in [0.25, 0.3) is 5.69 Å². The molecule has 0 fully saturated rings. The van der Waals surface area contributed by atoms with Gasteiger partial charge in [-0.3, -0.25) is 4.79 Å². The van der Waals surface area contributed by atoms with Crippen molar-refractivity contribution in [3.8, 4) is 11.4 Å². The summed E-state index contributed by atoms with van der Waals surface area (Å²) in [6.07, 6.45) is 4.51. The molecule has 5 nitrogen and oxygen atoms in total. The SMILES string of the molecule is O=C(Cc1cnn(-c2ccccc2)c1)NCCCOc1ccc(F)cc1. The second kappa shape index (κ2) is 8.80. The van der Waals surface area contributed by atoms with Gasteiger partial charge in [-0.1, -0.05) is 18.2 Å². The maximum Gasteiger partial charge on any atom is 0.224 e. The van der Waals surface area contributed by atoms with E-state index < -0.39 is 0 Å². The summed E-state index contributed by atoms with van der Waals surface area (Å²) >= 11 is 0. The second-order valence-electron chi connectivity index (χ2n) is 5.81. The van der Waals surface area contributed by atoms with Crippen molar-refractivity contribution in [1.29, 1.82) is 0 Å². The molecule has 134 valence electrons. The van der Waals surface area contributed by atoms with Gasteiger partial charge in [-0.2, -0.15) is 5.10 Å². The third-order valence-electron chi connectivity index (χ3n) is 3.75. The Morgan fingerprint density at radius 2 is 1.88 bits per heavy atom. The first-order valence-electron chi connectivity index (χ1n) is 8.45. The Morgan fingerprint density at radius 3 is 2.65 bits per heavy atom. The van der Waals surface area contributed by atoms with Gasteiger partial charge in [0.05, 0.1) is 24.9 Å². The largest absolute Gasteiger partial charge is 0.494 e. The zero-order valence-electron chi connectivity index (χ0n) is 14.3. The molecular formula is C20H20FN3O2. The van der Waals surface area contributed by atoms with Crippen LogP contribution in [0.2, 0.25) is 0 Å². The van der Waals surface area contributed by atoms with Gasteiger partial charge >= 0.3 is 0 Å². The number of aromatic nitrogens is 2. The van der Waals surface area contributed by atoms with E-state index in [1.807, 2.05) is 36.5 Å². The number of rotatable bonds is 8. The molecule has 3 rings (SSSR count). The van der Waals surface area contributed by atoms with Crippen molar-refractivity contribution in [2.75, 3.05) is 13.2 Å². The van der Waals surface area contributed by atoms with Gasteiger partial charge < -0.3 is 10.1 Å². The van der Waals surface area contributed by atoms with Gasteiger partial charge in [0.25, 0.3) is 0 Å². The number of ether oxygens (including phenoxy) is 1. The van der Waals surface area contributed by atoms with Gasteiger partial charge in [-0.15, -0.1) is 0 Å². The number of benzene rings is 2. The lowest BCUT2D eigenvalue weighted by atomic mass is 10.2. The number of amides is 1. The Hall–Kier alpha value is -3.15. The van der Waals surface area contributed by atoms with Gasteiger partial charge in [0, 0.05) is 12.7 Å². The van der Waals surface area contributed by atoms with Crippen molar-refractivity contribution in [2.24, 2.45) is 0 Å². The number of hydrogen-bond donors (Lipinski definition) is 1. The van der Waals surface area contributed by atoms with Crippen molar-refractivity contribution in [3.63, 3.8) is 0 Å². The van der Waals surface area contributed by atoms with E-state index in [0.717, 1.165) is 11.3 Å². The topological polar surface area (TPSA) is 56.2 Å². The van der Waals surface area contributed by atoms with E-state index >= 15 is 0 Å². The summed E-state index contributed by atoms with van der Waals surface area (Å²) in [4.78, 5) is 12.0. The van der Waals surface area contributed by atoms with E-state index in [2.05, 4.69) is 10.4 Å². The molecule has 1 heterocycles. The molecule has 0 aliphatic heterocycles. The number of para-hydroxylation sites is 1. The molecule has 1 N–H and O–H groups in total. The molecule has 0 saturated heterocycles. The highest BCUT2D eigenvalue weighted by Gasteiger charge is 2.06. The number of carbonyl (C=O) groups excluding carboxylic acids is 1. The summed E-state index contributed by atoms with van der Waals surface area (Å²) in [7, 11) is 0. The molecule has 0 aliphatic carbocycles. The van der Waals surface area contributed by atoms with Crippen molar-refractivity contribution >= 4 is 5.91 Å². The smallest absolute Gasteiger partial charge is 0.224 e. The summed E-state index contributed by atoms with van der Waals surface area (Å²) in [6.45, 7) is 0.977. The standard InChI is InChI=1S/C20H20FN3O2/c21-17-7-9-19(10-8-17)26-12-4-11-22-20(25)13-16-14-23-24(15-16)18-5-2-1-3-6-18/h1-3,5-10,14-15H,4,11-13H2,(H,22,25). The monoisotopic (exact) mass is 353 g/mol. The average Bonchev–Trinajstić information content (AvgIpc) is 3.12. The Kier molecular flexibility index (Phi) is 5.98. The Bertz CT molecular complexity index is 832. The summed E-state index contributed by atoms with van der Waals surface area (Å²) in [5.74, 6) is 0.269. The molecule has 1 amide bonds. The van der Waals surface area contributed by atoms with Crippen LogP contribution in [0, 0.1) is 5.82 Å². The lowest BCUT2D eigenvalue weighted by molar-refractivity contribution is -0.120. The van der Waals surface area contributed by atoms with Gasteiger partial charge in [0.1, 0.15) is 11.6 Å². The fourth-order valence-electron chi connectivity index (χ4n) is 2.44. The molecule has 6 heteroatoms. The first-order valence-corrected chi connectivity index (χ1v) is 8.45. The van der Waals surface area contributed by atoms with Crippen LogP contribution in [0.5, 0.6) is 5.75 Å². The molecular weight excluding hydrogens is 333 g/mol. The van der Waals surface area contributed by atoms with E-state index in [1.165, 1.54) is 12.1 Å². The van der Waals surface area contributed by atoms with Crippen LogP contribution in [0.1, 0.15) is 12.0 Å². The van der Waals surface area contributed by atoms with Crippen LogP contribution in [0.4, 0.5) is 4.39 Å². The molecule has 0 atom stereocenters. The molecule has 1 aromatic heterocycles. The van der Waals surface area contributed by atoms with E-state index in [-0.39, 0.29) is 18.1 Å². The maximum absolute atomic E-state index is 12.8. The van der Waals surface area contributed by atoms with Crippen molar-refractivity contribution in [2.45, 2.75) is 12.8 Å². The second-order valence-corrected chi connectivity index (χ2v) is 5.81. The van der Waals surface area contributed by atoms with E-state index in [0.29, 0.717) is 25.3 Å². The number of nitrogens with zero attached hydrogens (tertiary/aromatic N) is 2. The summed E-state index contributed by atoms with van der Waals surface area (Å²) in [5, 5.41) is 7.14. The van der Waals surface area contributed by atoms with Crippen molar-refractivity contribution in [1.82, 2.24) is 15.1 Å². The van der Waals surface area contributed by atoms with Gasteiger partial charge in [-0.05, 0) is 48.4 Å². The summed E-state index contributed by atoms with van der Waals surface area (Å²) in [6, 6.07) is 15.6. The van der Waals surface area contributed by atoms with Gasteiger partial charge in [0.2, 0.25) is 5.91 Å². The molecule has 0 spiro atoms. The van der Waals surface area contributed by atoms with E-state index in [1.54, 1.807) is 23.0 Å². The Balaban J connectivity index is 1.37. The highest BCUT2D eigenvalue weighted by Crippen LogP contribution is 2.11. The fourth-order valence-corrected chi connectivity index (χ4v) is 2.44. The summed E-state index contributed by atoms with van der Waals surface area (Å²) < 4.78 is 20.0. The predicted octanol–water partition coefficient (Wildman–Crippen LogP) is 3.14. The number of hydrogen-bond acceptors (Lipinski definition) is 3. The third kappa shape index (κ3) is 5.17. The Labute approximate surface area is 151 Å². The zero-order chi connectivity index (χ0) is 18.2. The van der Waals surface area contributed by atoms with Crippen molar-refractivity contribution in [3.05, 3.63) is 78.4 Å². The minimum atomic E-state index is -0.291. The maximum atomic E-state index is 12.8. The highest BCUT2D eigenvalue weighted by atomic mass is 19.1. The molecule has 0 aliphatic rings. The quantitative estimate of drug-likeness (QED) is 0.633. The number of halogens is 1. The zero-order valence-corrected chi connectivity index (χ0v) is 14.3. The van der Waals surface area contributed by atoms with Crippen LogP contribution in [0.3, 0.4) is 0 Å². The van der Waals surface area contributed by atoms with Gasteiger partial charge in [-0.25, -0.2) is 9.07 Å². The summed E-state index contributed by atoms with van der Waals surface area (Å²) in [5.41, 5.74) is 1.81. The molecule has 0 bridgehead atoms. The van der Waals surface area contributed by atoms with Crippen LogP contribution >= 0.6 is 0 Å². The first kappa shape index (κ1) is 17.7. The van der Waals surface area contributed by atoms with Crippen LogP contribution in [-0.2, 0) is 11.2 Å². The predicted molar refractivity (Wildman–Crippen MR) is 96.8 cm³/mol. The van der Waals surface area contributed by atoms with E-state index in [4.69, 9.17) is 4.74 Å². The van der Waals surface area contributed by atoms with Crippen LogP contribution in [0.15, 0.2) is 67.0 Å². The van der Waals surface area contributed by atoms with Gasteiger partial charge in [0.15, 0.2) is 0 Å². The molecule has 3 aromatic rings. The lowest BCUT2D eigenvalue weighted by Crippen LogP contribution is -2.27. The molecule has 0 unspecified atom stereocenters. The lowest BCUT2D eigenvalue weighted by Gasteiger charge is -2.07. The van der Waals surface area contributed by atoms with Crippen LogP contribution in [-0.4, -0.2) is 28.8 Å². The molecule has 26 heavy (non-hydrogen) atoms. The minimum absolute atomic E-state index is 0.0561. The molecule has 0 saturated carbocycles.